The molecule has 5 N–H and O–H groups in total. The number of hydrogen-bond donors (Lipinski definition) is 5. The highest BCUT2D eigenvalue weighted by molar-refractivity contribution is 6.02. The molecule has 0 radical (unpaired) electrons. The summed E-state index contributed by atoms with van der Waals surface area (Å²) in [5.74, 6) is -3.72. The van der Waals surface area contributed by atoms with Gasteiger partial charge < -0.3 is 20.5 Å². The molecule has 0 bridgehead atoms. The SMILES string of the molecule is N=NC(=N)c1cc(NC(=O)C(Cc2ccc(C(=O)NCCC(=O)O)cc2)c2ccc(C3CCCCC3)cc2)ccc1OC(F)(F)F. The fraction of sp³-hybridized carbons (Fsp3) is 0.333. The molecule has 1 aliphatic carbocycles. The summed E-state index contributed by atoms with van der Waals surface area (Å²) in [6.45, 7) is -0.0185. The largest absolute Gasteiger partial charge is 0.573 e. The number of carbonyl (C=O) groups excluding carboxylic acids is 2. The Balaban J connectivity index is 1.58. The normalized spacial score (nSPS) is 14.2. The van der Waals surface area contributed by atoms with E-state index in [1.54, 1.807) is 24.3 Å². The molecule has 1 saturated carbocycles. The molecule has 242 valence electrons. The van der Waals surface area contributed by atoms with Crippen LogP contribution in [-0.2, 0) is 16.0 Å². The maximum Gasteiger partial charge on any atom is 0.573 e. The standard InChI is InChI=1S/C33H34F3N5O5/c34-33(35,36)46-28-15-14-25(19-27(28)30(37)41-38)40-32(45)26(23-12-10-22(11-13-23)21-4-2-1-3-5-21)18-20-6-8-24(9-7-20)31(44)39-17-16-29(42)43/h6-15,19,21,26,37-38H,1-5,16-18H2,(H,39,44)(H,40,45)(H,42,43). The highest BCUT2D eigenvalue weighted by Crippen LogP contribution is 2.34. The predicted octanol–water partition coefficient (Wildman–Crippen LogP) is 7.16. The number of ether oxygens (including phenoxy) is 1. The van der Waals surface area contributed by atoms with Gasteiger partial charge >= 0.3 is 12.3 Å². The van der Waals surface area contributed by atoms with E-state index in [1.165, 1.54) is 30.9 Å². The van der Waals surface area contributed by atoms with Crippen molar-refractivity contribution >= 4 is 29.3 Å². The number of amidine groups is 1. The summed E-state index contributed by atoms with van der Waals surface area (Å²) in [5, 5.41) is 24.8. The summed E-state index contributed by atoms with van der Waals surface area (Å²) in [5.41, 5.74) is 9.72. The molecule has 3 aromatic rings. The first-order valence-corrected chi connectivity index (χ1v) is 14.8. The van der Waals surface area contributed by atoms with Crippen LogP contribution in [0.5, 0.6) is 5.75 Å². The van der Waals surface area contributed by atoms with Crippen molar-refractivity contribution in [2.24, 2.45) is 5.11 Å². The van der Waals surface area contributed by atoms with Crippen LogP contribution in [0.3, 0.4) is 0 Å². The first-order chi connectivity index (χ1) is 21.9. The molecular weight excluding hydrogens is 603 g/mol. The zero-order chi connectivity index (χ0) is 33.3. The lowest BCUT2D eigenvalue weighted by Gasteiger charge is -2.23. The van der Waals surface area contributed by atoms with Gasteiger partial charge in [0.05, 0.1) is 17.9 Å². The van der Waals surface area contributed by atoms with E-state index in [9.17, 15) is 27.6 Å². The van der Waals surface area contributed by atoms with Crippen LogP contribution in [0.2, 0.25) is 0 Å². The second kappa shape index (κ2) is 15.3. The number of nitrogens with zero attached hydrogens (tertiary/aromatic N) is 1. The van der Waals surface area contributed by atoms with Crippen molar-refractivity contribution in [3.05, 3.63) is 94.5 Å². The number of carbonyl (C=O) groups is 3. The Hall–Kier alpha value is -5.07. The number of alkyl halides is 3. The van der Waals surface area contributed by atoms with Gasteiger partial charge in [0.15, 0.2) is 5.84 Å². The first kappa shape index (κ1) is 33.8. The predicted molar refractivity (Wildman–Crippen MR) is 163 cm³/mol. The van der Waals surface area contributed by atoms with Crippen molar-refractivity contribution in [1.29, 1.82) is 10.9 Å². The Morgan fingerprint density at radius 2 is 1.65 bits per heavy atom. The number of carboxylic acid groups (broad SMARTS) is 1. The van der Waals surface area contributed by atoms with Gasteiger partial charge in [-0.15, -0.1) is 18.3 Å². The van der Waals surface area contributed by atoms with Crippen LogP contribution in [0.1, 0.15) is 83.0 Å². The Morgan fingerprint density at radius 1 is 0.978 bits per heavy atom. The van der Waals surface area contributed by atoms with Gasteiger partial charge in [-0.25, -0.2) is 5.53 Å². The smallest absolute Gasteiger partial charge is 0.481 e. The molecule has 1 atom stereocenters. The number of hydrogen-bond acceptors (Lipinski definition) is 6. The molecule has 0 aromatic heterocycles. The van der Waals surface area contributed by atoms with Crippen molar-refractivity contribution < 1.29 is 37.4 Å². The number of benzene rings is 3. The molecule has 0 saturated heterocycles. The minimum absolute atomic E-state index is 0.0185. The minimum Gasteiger partial charge on any atom is -0.481 e. The van der Waals surface area contributed by atoms with Crippen LogP contribution in [0, 0.1) is 10.9 Å². The van der Waals surface area contributed by atoms with E-state index >= 15 is 0 Å². The molecule has 46 heavy (non-hydrogen) atoms. The molecule has 0 spiro atoms. The van der Waals surface area contributed by atoms with Crippen LogP contribution < -0.4 is 15.4 Å². The van der Waals surface area contributed by atoms with Gasteiger partial charge in [-0.2, -0.15) is 0 Å². The van der Waals surface area contributed by atoms with Gasteiger partial charge in [-0.1, -0.05) is 55.7 Å². The average molecular weight is 638 g/mol. The summed E-state index contributed by atoms with van der Waals surface area (Å²) < 4.78 is 42.7. The summed E-state index contributed by atoms with van der Waals surface area (Å²) in [4.78, 5) is 36.9. The van der Waals surface area contributed by atoms with Crippen LogP contribution in [0.15, 0.2) is 71.8 Å². The Labute approximate surface area is 263 Å². The Morgan fingerprint density at radius 3 is 2.26 bits per heavy atom. The van der Waals surface area contributed by atoms with E-state index in [4.69, 9.17) is 16.0 Å². The second-order valence-corrected chi connectivity index (χ2v) is 11.1. The van der Waals surface area contributed by atoms with Crippen molar-refractivity contribution in [2.45, 2.75) is 63.1 Å². The Bertz CT molecular complexity index is 1570. The zero-order valence-corrected chi connectivity index (χ0v) is 24.8. The van der Waals surface area contributed by atoms with Gasteiger partial charge in [0.2, 0.25) is 5.91 Å². The van der Waals surface area contributed by atoms with Gasteiger partial charge in [-0.05, 0) is 72.2 Å². The van der Waals surface area contributed by atoms with E-state index in [2.05, 4.69) is 20.5 Å². The Kier molecular flexibility index (Phi) is 11.2. The summed E-state index contributed by atoms with van der Waals surface area (Å²) in [7, 11) is 0. The van der Waals surface area contributed by atoms with Gasteiger partial charge in [0.25, 0.3) is 5.91 Å². The topological polar surface area (TPSA) is 165 Å². The molecule has 0 aliphatic heterocycles. The second-order valence-electron chi connectivity index (χ2n) is 11.1. The number of carboxylic acids is 1. The van der Waals surface area contributed by atoms with Crippen LogP contribution >= 0.6 is 0 Å². The minimum atomic E-state index is -5.04. The molecule has 0 heterocycles. The molecular formula is C33H34F3N5O5. The van der Waals surface area contributed by atoms with Gasteiger partial charge in [0, 0.05) is 17.8 Å². The van der Waals surface area contributed by atoms with Gasteiger partial charge in [-0.3, -0.25) is 19.8 Å². The van der Waals surface area contributed by atoms with Crippen molar-refractivity contribution in [3.8, 4) is 5.75 Å². The van der Waals surface area contributed by atoms with Crippen molar-refractivity contribution in [2.75, 3.05) is 11.9 Å². The van der Waals surface area contributed by atoms with Crippen LogP contribution in [0.25, 0.3) is 0 Å². The van der Waals surface area contributed by atoms with Crippen LogP contribution in [-0.4, -0.2) is 41.6 Å². The average Bonchev–Trinajstić information content (AvgIpc) is 3.04. The highest BCUT2D eigenvalue weighted by Gasteiger charge is 2.33. The molecule has 4 rings (SSSR count). The summed E-state index contributed by atoms with van der Waals surface area (Å²) >= 11 is 0. The van der Waals surface area contributed by atoms with Crippen molar-refractivity contribution in [1.82, 2.24) is 5.32 Å². The van der Waals surface area contributed by atoms with E-state index in [1.807, 2.05) is 24.3 Å². The quantitative estimate of drug-likeness (QED) is 0.0807. The lowest BCUT2D eigenvalue weighted by molar-refractivity contribution is -0.274. The maximum absolute atomic E-state index is 13.8. The first-order valence-electron chi connectivity index (χ1n) is 14.8. The van der Waals surface area contributed by atoms with E-state index in [0.29, 0.717) is 17.0 Å². The maximum atomic E-state index is 13.8. The van der Waals surface area contributed by atoms with E-state index in [-0.39, 0.29) is 25.1 Å². The fourth-order valence-electron chi connectivity index (χ4n) is 5.51. The number of halogens is 3. The fourth-order valence-corrected chi connectivity index (χ4v) is 5.51. The lowest BCUT2D eigenvalue weighted by atomic mass is 9.83. The summed E-state index contributed by atoms with van der Waals surface area (Å²) in [6, 6.07) is 17.7. The third-order valence-corrected chi connectivity index (χ3v) is 7.85. The number of rotatable bonds is 12. The number of nitrogens with one attached hydrogen (secondary N) is 4. The molecule has 1 unspecified atom stereocenters. The molecule has 10 nitrogen and oxygen atoms in total. The highest BCUT2D eigenvalue weighted by atomic mass is 19.4. The monoisotopic (exact) mass is 637 g/mol. The van der Waals surface area contributed by atoms with Crippen molar-refractivity contribution in [3.63, 3.8) is 0 Å². The third-order valence-electron chi connectivity index (χ3n) is 7.85. The van der Waals surface area contributed by atoms with Gasteiger partial charge in [0.1, 0.15) is 5.75 Å². The third kappa shape index (κ3) is 9.46. The molecule has 1 aliphatic rings. The molecule has 3 aromatic carbocycles. The van der Waals surface area contributed by atoms with Crippen LogP contribution in [0.4, 0.5) is 18.9 Å². The lowest BCUT2D eigenvalue weighted by Crippen LogP contribution is -2.26. The van der Waals surface area contributed by atoms with E-state index < -0.39 is 47.2 Å². The molecule has 2 amide bonds. The molecule has 1 fully saturated rings. The number of anilines is 1. The summed E-state index contributed by atoms with van der Waals surface area (Å²) in [6.07, 6.45) is 0.750. The number of amides is 2. The molecule has 13 heteroatoms. The zero-order valence-electron chi connectivity index (χ0n) is 24.8. The van der Waals surface area contributed by atoms with E-state index in [0.717, 1.165) is 30.5 Å². The number of aliphatic carboxylic acids is 1.